The molecule has 1 amide bonds. The number of pyridine rings is 1. The summed E-state index contributed by atoms with van der Waals surface area (Å²) in [7, 11) is -1.78. The number of carbonyl (C=O) groups is 1. The van der Waals surface area contributed by atoms with Gasteiger partial charge in [0.15, 0.2) is 0 Å². The minimum Gasteiger partial charge on any atom is -0.391 e. The van der Waals surface area contributed by atoms with Crippen molar-refractivity contribution in [2.75, 3.05) is 11.0 Å². The summed E-state index contributed by atoms with van der Waals surface area (Å²) in [5.41, 5.74) is 6.23. The number of aromatic nitrogens is 3. The van der Waals surface area contributed by atoms with Crippen LogP contribution in [-0.2, 0) is 17.1 Å². The first-order chi connectivity index (χ1) is 9.76. The molecular weight excluding hydrogens is 298 g/mol. The number of rotatable bonds is 4. The van der Waals surface area contributed by atoms with Gasteiger partial charge in [-0.25, -0.2) is 17.9 Å². The molecule has 2 aromatic heterocycles. The zero-order valence-electron chi connectivity index (χ0n) is 11.3. The molecular formula is C11H13N5O4S. The number of nitrogens with zero attached hydrogens (tertiary/aromatic N) is 3. The molecule has 0 aromatic carbocycles. The molecule has 0 unspecified atom stereocenters. The first kappa shape index (κ1) is 14.8. The van der Waals surface area contributed by atoms with Gasteiger partial charge in [0.25, 0.3) is 0 Å². The number of sulfonamides is 1. The summed E-state index contributed by atoms with van der Waals surface area (Å²) in [5.74, 6) is 0.152. The van der Waals surface area contributed by atoms with Gasteiger partial charge in [-0.05, 0) is 12.1 Å². The van der Waals surface area contributed by atoms with E-state index in [0.29, 0.717) is 16.9 Å². The third-order valence-corrected chi connectivity index (χ3v) is 3.03. The van der Waals surface area contributed by atoms with E-state index in [1.807, 2.05) is 0 Å². The van der Waals surface area contributed by atoms with Gasteiger partial charge in [0.1, 0.15) is 0 Å². The van der Waals surface area contributed by atoms with Gasteiger partial charge < -0.3 is 10.5 Å². The second-order valence-electron chi connectivity index (χ2n) is 4.21. The number of carbonyl (C=O) groups excluding carboxylic acids is 1. The highest BCUT2D eigenvalue weighted by atomic mass is 32.2. The van der Waals surface area contributed by atoms with Crippen LogP contribution in [0.5, 0.6) is 5.88 Å². The largest absolute Gasteiger partial charge is 0.411 e. The van der Waals surface area contributed by atoms with Crippen molar-refractivity contribution < 1.29 is 17.9 Å². The smallest absolute Gasteiger partial charge is 0.391 e. The third-order valence-electron chi connectivity index (χ3n) is 2.42. The minimum absolute atomic E-state index is 0.152. The van der Waals surface area contributed by atoms with Gasteiger partial charge in [-0.3, -0.25) is 9.71 Å². The van der Waals surface area contributed by atoms with Crippen LogP contribution in [0.2, 0.25) is 0 Å². The van der Waals surface area contributed by atoms with E-state index in [1.54, 1.807) is 13.1 Å². The topological polar surface area (TPSA) is 129 Å². The van der Waals surface area contributed by atoms with E-state index in [1.165, 1.54) is 23.1 Å². The van der Waals surface area contributed by atoms with Gasteiger partial charge >= 0.3 is 6.09 Å². The highest BCUT2D eigenvalue weighted by Gasteiger charge is 2.15. The molecule has 0 saturated carbocycles. The highest BCUT2D eigenvalue weighted by Crippen LogP contribution is 2.28. The number of primary amides is 1. The monoisotopic (exact) mass is 311 g/mol. The highest BCUT2D eigenvalue weighted by molar-refractivity contribution is 7.92. The summed E-state index contributed by atoms with van der Waals surface area (Å²) < 4.78 is 30.7. The van der Waals surface area contributed by atoms with Crippen LogP contribution in [0.1, 0.15) is 0 Å². The summed E-state index contributed by atoms with van der Waals surface area (Å²) in [6, 6.07) is 3.10. The molecule has 3 N–H and O–H groups in total. The lowest BCUT2D eigenvalue weighted by atomic mass is 10.2. The standard InChI is InChI=1S/C11H13N5O4S/c1-16-10(20-11(12)17)8(6-14-16)9-4-3-7(5-13-9)15-21(2,18)19/h3-6,15H,1-2H3,(H2,12,17). The van der Waals surface area contributed by atoms with Crippen molar-refractivity contribution in [3.63, 3.8) is 0 Å². The van der Waals surface area contributed by atoms with Crippen LogP contribution in [0.15, 0.2) is 24.5 Å². The molecule has 0 radical (unpaired) electrons. The van der Waals surface area contributed by atoms with Crippen LogP contribution < -0.4 is 15.2 Å². The van der Waals surface area contributed by atoms with Crippen LogP contribution in [0.4, 0.5) is 10.5 Å². The lowest BCUT2D eigenvalue weighted by Gasteiger charge is -2.06. The molecule has 0 spiro atoms. The molecule has 0 aliphatic rings. The third kappa shape index (κ3) is 3.69. The van der Waals surface area contributed by atoms with Crippen molar-refractivity contribution in [2.24, 2.45) is 12.8 Å². The van der Waals surface area contributed by atoms with Crippen molar-refractivity contribution in [1.82, 2.24) is 14.8 Å². The summed E-state index contributed by atoms with van der Waals surface area (Å²) in [6.45, 7) is 0. The number of amides is 1. The van der Waals surface area contributed by atoms with E-state index in [2.05, 4.69) is 14.8 Å². The Kier molecular flexibility index (Phi) is 3.80. The Hall–Kier alpha value is -2.62. The Bertz CT molecular complexity index is 766. The SMILES string of the molecule is Cn1ncc(-c2ccc(NS(C)(=O)=O)cn2)c1OC(N)=O. The average Bonchev–Trinajstić information content (AvgIpc) is 2.70. The number of ether oxygens (including phenoxy) is 1. The molecule has 0 saturated heterocycles. The Labute approximate surface area is 120 Å². The predicted molar refractivity (Wildman–Crippen MR) is 75.1 cm³/mol. The number of hydrogen-bond donors (Lipinski definition) is 2. The molecule has 0 atom stereocenters. The van der Waals surface area contributed by atoms with Crippen molar-refractivity contribution in [2.45, 2.75) is 0 Å². The van der Waals surface area contributed by atoms with E-state index in [0.717, 1.165) is 6.26 Å². The second kappa shape index (κ2) is 5.40. The van der Waals surface area contributed by atoms with Gasteiger partial charge in [0.2, 0.25) is 15.9 Å². The molecule has 2 aromatic rings. The van der Waals surface area contributed by atoms with E-state index in [9.17, 15) is 13.2 Å². The van der Waals surface area contributed by atoms with Crippen LogP contribution in [-0.4, -0.2) is 35.5 Å². The lowest BCUT2D eigenvalue weighted by Crippen LogP contribution is -2.18. The maximum atomic E-state index is 11.1. The molecule has 112 valence electrons. The fourth-order valence-corrected chi connectivity index (χ4v) is 2.19. The van der Waals surface area contributed by atoms with Crippen molar-refractivity contribution >= 4 is 21.8 Å². The van der Waals surface area contributed by atoms with Gasteiger partial charge in [-0.15, -0.1) is 0 Å². The number of nitrogens with one attached hydrogen (secondary N) is 1. The molecule has 0 bridgehead atoms. The van der Waals surface area contributed by atoms with Gasteiger partial charge in [-0.1, -0.05) is 0 Å². The van der Waals surface area contributed by atoms with Crippen LogP contribution in [0.25, 0.3) is 11.3 Å². The van der Waals surface area contributed by atoms with Crippen molar-refractivity contribution in [3.05, 3.63) is 24.5 Å². The molecule has 2 heterocycles. The number of aryl methyl sites for hydroxylation is 1. The van der Waals surface area contributed by atoms with E-state index >= 15 is 0 Å². The Morgan fingerprint density at radius 1 is 1.38 bits per heavy atom. The predicted octanol–water partition coefficient (Wildman–Crippen LogP) is 0.311. The Balaban J connectivity index is 2.33. The molecule has 9 nitrogen and oxygen atoms in total. The van der Waals surface area contributed by atoms with E-state index < -0.39 is 16.1 Å². The van der Waals surface area contributed by atoms with Crippen molar-refractivity contribution in [1.29, 1.82) is 0 Å². The van der Waals surface area contributed by atoms with Crippen LogP contribution in [0, 0.1) is 0 Å². The zero-order valence-corrected chi connectivity index (χ0v) is 12.1. The fourth-order valence-electron chi connectivity index (χ4n) is 1.65. The molecule has 0 aliphatic heterocycles. The first-order valence-corrected chi connectivity index (χ1v) is 7.59. The fraction of sp³-hybridized carbons (Fsp3) is 0.182. The quantitative estimate of drug-likeness (QED) is 0.836. The zero-order chi connectivity index (χ0) is 15.6. The molecule has 10 heteroatoms. The maximum absolute atomic E-state index is 11.1. The van der Waals surface area contributed by atoms with Crippen LogP contribution in [0.3, 0.4) is 0 Å². The van der Waals surface area contributed by atoms with Gasteiger partial charge in [0.05, 0.1) is 35.6 Å². The molecule has 2 rings (SSSR count). The van der Waals surface area contributed by atoms with E-state index in [-0.39, 0.29) is 5.88 Å². The Morgan fingerprint density at radius 3 is 2.62 bits per heavy atom. The van der Waals surface area contributed by atoms with Crippen LogP contribution >= 0.6 is 0 Å². The molecule has 0 fully saturated rings. The number of hydrogen-bond acceptors (Lipinski definition) is 6. The molecule has 0 aliphatic carbocycles. The number of nitrogens with two attached hydrogens (primary N) is 1. The second-order valence-corrected chi connectivity index (χ2v) is 5.96. The van der Waals surface area contributed by atoms with Crippen molar-refractivity contribution in [3.8, 4) is 17.1 Å². The summed E-state index contributed by atoms with van der Waals surface area (Å²) in [4.78, 5) is 15.0. The minimum atomic E-state index is -3.37. The first-order valence-electron chi connectivity index (χ1n) is 5.70. The lowest BCUT2D eigenvalue weighted by molar-refractivity contribution is 0.207. The summed E-state index contributed by atoms with van der Waals surface area (Å²) in [5, 5.41) is 3.96. The normalized spacial score (nSPS) is 11.1. The summed E-state index contributed by atoms with van der Waals surface area (Å²) >= 11 is 0. The maximum Gasteiger partial charge on any atom is 0.411 e. The Morgan fingerprint density at radius 2 is 2.10 bits per heavy atom. The van der Waals surface area contributed by atoms with Gasteiger partial charge in [-0.2, -0.15) is 5.10 Å². The average molecular weight is 311 g/mol. The number of anilines is 1. The summed E-state index contributed by atoms with van der Waals surface area (Å²) in [6.07, 6.45) is 2.89. The molecule has 21 heavy (non-hydrogen) atoms. The van der Waals surface area contributed by atoms with Gasteiger partial charge in [0, 0.05) is 7.05 Å². The van der Waals surface area contributed by atoms with E-state index in [4.69, 9.17) is 10.5 Å².